The molecule has 2 N–H and O–H groups in total. The summed E-state index contributed by atoms with van der Waals surface area (Å²) in [5.41, 5.74) is 3.85. The first kappa shape index (κ1) is 22.5. The van der Waals surface area contributed by atoms with E-state index in [9.17, 15) is 9.59 Å². The predicted octanol–water partition coefficient (Wildman–Crippen LogP) is 4.91. The molecule has 0 spiro atoms. The van der Waals surface area contributed by atoms with Crippen LogP contribution in [-0.4, -0.2) is 35.8 Å². The molecule has 5 heteroatoms. The molecule has 0 unspecified atom stereocenters. The Labute approximate surface area is 191 Å². The molecule has 2 aromatic rings. The molecule has 5 nitrogen and oxygen atoms in total. The fourth-order valence-electron chi connectivity index (χ4n) is 4.92. The summed E-state index contributed by atoms with van der Waals surface area (Å²) in [6.45, 7) is 4.91. The second-order valence-corrected chi connectivity index (χ2v) is 9.32. The lowest BCUT2D eigenvalue weighted by Gasteiger charge is -2.31. The van der Waals surface area contributed by atoms with Gasteiger partial charge in [0.15, 0.2) is 0 Å². The first-order valence-corrected chi connectivity index (χ1v) is 12.1. The van der Waals surface area contributed by atoms with E-state index in [1.165, 1.54) is 30.4 Å². The highest BCUT2D eigenvalue weighted by molar-refractivity contribution is 6.04. The van der Waals surface area contributed by atoms with Crippen molar-refractivity contribution in [3.8, 4) is 0 Å². The third-order valence-electron chi connectivity index (χ3n) is 6.98. The maximum absolute atomic E-state index is 13.0. The summed E-state index contributed by atoms with van der Waals surface area (Å²) < 4.78 is 0. The van der Waals surface area contributed by atoms with Gasteiger partial charge in [-0.15, -0.1) is 0 Å². The summed E-state index contributed by atoms with van der Waals surface area (Å²) >= 11 is 0. The van der Waals surface area contributed by atoms with Crippen LogP contribution in [0.3, 0.4) is 0 Å². The predicted molar refractivity (Wildman–Crippen MR) is 129 cm³/mol. The van der Waals surface area contributed by atoms with Gasteiger partial charge in [-0.1, -0.05) is 55.7 Å². The van der Waals surface area contributed by atoms with Crippen LogP contribution in [0.2, 0.25) is 0 Å². The summed E-state index contributed by atoms with van der Waals surface area (Å²) in [5, 5.41) is 6.22. The fourth-order valence-corrected chi connectivity index (χ4v) is 4.92. The number of likely N-dealkylation sites (tertiary alicyclic amines) is 1. The van der Waals surface area contributed by atoms with Gasteiger partial charge in [-0.25, -0.2) is 0 Å². The molecule has 2 aromatic carbocycles. The average Bonchev–Trinajstić information content (AvgIpc) is 2.82. The minimum atomic E-state index is -0.0825. The average molecular weight is 434 g/mol. The van der Waals surface area contributed by atoms with Crippen LogP contribution in [0.5, 0.6) is 0 Å². The van der Waals surface area contributed by atoms with Gasteiger partial charge in [0.1, 0.15) is 0 Å². The molecular weight excluding hydrogens is 398 g/mol. The van der Waals surface area contributed by atoms with Gasteiger partial charge >= 0.3 is 0 Å². The number of hydrogen-bond donors (Lipinski definition) is 2. The number of amides is 2. The zero-order valence-corrected chi connectivity index (χ0v) is 19.1. The minimum Gasteiger partial charge on any atom is -0.349 e. The van der Waals surface area contributed by atoms with Crippen molar-refractivity contribution in [2.75, 3.05) is 18.4 Å². The molecule has 32 heavy (non-hydrogen) atoms. The Bertz CT molecular complexity index is 928. The summed E-state index contributed by atoms with van der Waals surface area (Å²) in [7, 11) is 0. The molecule has 170 valence electrons. The van der Waals surface area contributed by atoms with E-state index in [1.54, 1.807) is 6.07 Å². The van der Waals surface area contributed by atoms with Crippen LogP contribution in [0.25, 0.3) is 0 Å². The van der Waals surface area contributed by atoms with Crippen molar-refractivity contribution in [3.63, 3.8) is 0 Å². The molecule has 1 aliphatic heterocycles. The number of carbonyl (C=O) groups is 2. The van der Waals surface area contributed by atoms with Gasteiger partial charge in [0.25, 0.3) is 5.91 Å². The first-order chi connectivity index (χ1) is 15.6. The Kier molecular flexibility index (Phi) is 7.59. The van der Waals surface area contributed by atoms with Crippen molar-refractivity contribution < 1.29 is 9.59 Å². The zero-order valence-electron chi connectivity index (χ0n) is 19.1. The van der Waals surface area contributed by atoms with Crippen molar-refractivity contribution in [2.45, 2.75) is 64.5 Å². The highest BCUT2D eigenvalue weighted by atomic mass is 16.2. The monoisotopic (exact) mass is 433 g/mol. The number of rotatable bonds is 6. The number of benzene rings is 2. The van der Waals surface area contributed by atoms with E-state index in [1.807, 2.05) is 18.2 Å². The SMILES string of the molecule is Cc1ccccc1CN1CCC(C(=O)Nc2ccccc2C(=O)NC2CCCCC2)CC1. The van der Waals surface area contributed by atoms with E-state index in [-0.39, 0.29) is 23.8 Å². The maximum atomic E-state index is 13.0. The van der Waals surface area contributed by atoms with E-state index in [0.717, 1.165) is 45.3 Å². The van der Waals surface area contributed by atoms with Crippen molar-refractivity contribution in [2.24, 2.45) is 5.92 Å². The smallest absolute Gasteiger partial charge is 0.253 e. The van der Waals surface area contributed by atoms with Crippen molar-refractivity contribution >= 4 is 17.5 Å². The normalized spacial score (nSPS) is 18.3. The van der Waals surface area contributed by atoms with Crippen LogP contribution in [0.15, 0.2) is 48.5 Å². The third kappa shape index (κ3) is 5.77. The molecule has 0 radical (unpaired) electrons. The molecule has 0 atom stereocenters. The van der Waals surface area contributed by atoms with Gasteiger partial charge in [-0.3, -0.25) is 14.5 Å². The van der Waals surface area contributed by atoms with Gasteiger partial charge in [-0.05, 0) is 69.0 Å². The molecular formula is C27H35N3O2. The first-order valence-electron chi connectivity index (χ1n) is 12.1. The Hall–Kier alpha value is -2.66. The number of anilines is 1. The molecule has 1 saturated heterocycles. The number of nitrogens with zero attached hydrogens (tertiary/aromatic N) is 1. The second kappa shape index (κ2) is 10.8. The quantitative estimate of drug-likeness (QED) is 0.681. The molecule has 2 aliphatic rings. The third-order valence-corrected chi connectivity index (χ3v) is 6.98. The van der Waals surface area contributed by atoms with Crippen LogP contribution in [0.4, 0.5) is 5.69 Å². The Morgan fingerprint density at radius 1 is 0.906 bits per heavy atom. The number of carbonyl (C=O) groups excluding carboxylic acids is 2. The Morgan fingerprint density at radius 3 is 2.34 bits per heavy atom. The standard InChI is InChI=1S/C27H35N3O2/c1-20-9-5-6-10-22(20)19-30-17-15-21(16-18-30)26(31)29-25-14-8-7-13-24(25)27(32)28-23-11-3-2-4-12-23/h5-10,13-14,21,23H,2-4,11-12,15-19H2,1H3,(H,28,32)(H,29,31). The summed E-state index contributed by atoms with van der Waals surface area (Å²) in [4.78, 5) is 28.3. The number of nitrogens with one attached hydrogen (secondary N) is 2. The molecule has 1 aliphatic carbocycles. The van der Waals surface area contributed by atoms with Crippen molar-refractivity contribution in [1.82, 2.24) is 10.2 Å². The van der Waals surface area contributed by atoms with Gasteiger partial charge < -0.3 is 10.6 Å². The van der Waals surface area contributed by atoms with Crippen molar-refractivity contribution in [3.05, 3.63) is 65.2 Å². The lowest BCUT2D eigenvalue weighted by molar-refractivity contribution is -0.121. The van der Waals surface area contributed by atoms with Gasteiger partial charge in [0, 0.05) is 18.5 Å². The van der Waals surface area contributed by atoms with Crippen molar-refractivity contribution in [1.29, 1.82) is 0 Å². The minimum absolute atomic E-state index is 0.0161. The van der Waals surface area contributed by atoms with Crippen LogP contribution in [-0.2, 0) is 11.3 Å². The molecule has 2 fully saturated rings. The fraction of sp³-hybridized carbons (Fsp3) is 0.481. The number of piperidine rings is 1. The highest BCUT2D eigenvalue weighted by Gasteiger charge is 2.26. The molecule has 1 heterocycles. The lowest BCUT2D eigenvalue weighted by Crippen LogP contribution is -2.38. The molecule has 2 amide bonds. The Morgan fingerprint density at radius 2 is 1.59 bits per heavy atom. The molecule has 4 rings (SSSR count). The van der Waals surface area contributed by atoms with Crippen LogP contribution >= 0.6 is 0 Å². The second-order valence-electron chi connectivity index (χ2n) is 9.32. The number of para-hydroxylation sites is 1. The topological polar surface area (TPSA) is 61.4 Å². The maximum Gasteiger partial charge on any atom is 0.253 e. The number of hydrogen-bond acceptors (Lipinski definition) is 3. The zero-order chi connectivity index (χ0) is 22.3. The van der Waals surface area contributed by atoms with E-state index >= 15 is 0 Å². The van der Waals surface area contributed by atoms with Gasteiger partial charge in [0.05, 0.1) is 11.3 Å². The molecule has 0 bridgehead atoms. The van der Waals surface area contributed by atoms with Gasteiger partial charge in [0.2, 0.25) is 5.91 Å². The summed E-state index contributed by atoms with van der Waals surface area (Å²) in [6.07, 6.45) is 7.37. The van der Waals surface area contributed by atoms with E-state index in [2.05, 4.69) is 46.7 Å². The van der Waals surface area contributed by atoms with Crippen LogP contribution in [0.1, 0.15) is 66.4 Å². The Balaban J connectivity index is 1.31. The summed E-state index contributed by atoms with van der Waals surface area (Å²) in [6, 6.07) is 16.1. The van der Waals surface area contributed by atoms with E-state index < -0.39 is 0 Å². The van der Waals surface area contributed by atoms with Gasteiger partial charge in [-0.2, -0.15) is 0 Å². The number of aryl methyl sites for hydroxylation is 1. The van der Waals surface area contributed by atoms with E-state index in [0.29, 0.717) is 11.3 Å². The van der Waals surface area contributed by atoms with Crippen LogP contribution in [0, 0.1) is 12.8 Å². The lowest BCUT2D eigenvalue weighted by atomic mass is 9.94. The largest absolute Gasteiger partial charge is 0.349 e. The molecule has 0 aromatic heterocycles. The van der Waals surface area contributed by atoms with Crippen LogP contribution < -0.4 is 10.6 Å². The van der Waals surface area contributed by atoms with E-state index in [4.69, 9.17) is 0 Å². The molecule has 1 saturated carbocycles. The highest BCUT2D eigenvalue weighted by Crippen LogP contribution is 2.24. The summed E-state index contributed by atoms with van der Waals surface area (Å²) in [5.74, 6) is -0.0723.